The van der Waals surface area contributed by atoms with Crippen molar-refractivity contribution in [1.29, 1.82) is 0 Å². The average molecular weight is 364 g/mol. The quantitative estimate of drug-likeness (QED) is 0.365. The van der Waals surface area contributed by atoms with Crippen LogP contribution < -0.4 is 5.32 Å². The fraction of sp³-hybridized carbons (Fsp3) is 0.312. The number of nitrogens with one attached hydrogen (secondary N) is 1. The SMILES string of the molecule is CSc1nc(C)c(CCC(=O)Nc2ccc(F)c([N+](=O)[O-])c2)c(C)n1. The minimum absolute atomic E-state index is 0.162. The molecule has 1 aromatic carbocycles. The first-order chi connectivity index (χ1) is 11.8. The molecule has 25 heavy (non-hydrogen) atoms. The number of aromatic nitrogens is 2. The molecule has 0 atom stereocenters. The predicted octanol–water partition coefficient (Wildman–Crippen LogP) is 3.43. The van der Waals surface area contributed by atoms with E-state index in [1.54, 1.807) is 0 Å². The lowest BCUT2D eigenvalue weighted by atomic mass is 10.1. The predicted molar refractivity (Wildman–Crippen MR) is 93.3 cm³/mol. The van der Waals surface area contributed by atoms with Crippen LogP contribution in [0.25, 0.3) is 0 Å². The number of anilines is 1. The van der Waals surface area contributed by atoms with Gasteiger partial charge >= 0.3 is 5.69 Å². The number of hydrogen-bond acceptors (Lipinski definition) is 6. The number of nitrogens with zero attached hydrogens (tertiary/aromatic N) is 3. The van der Waals surface area contributed by atoms with Crippen molar-refractivity contribution in [1.82, 2.24) is 9.97 Å². The molecule has 0 saturated carbocycles. The number of nitro groups is 1. The third-order valence-electron chi connectivity index (χ3n) is 3.61. The average Bonchev–Trinajstić information content (AvgIpc) is 2.55. The van der Waals surface area contributed by atoms with Crippen molar-refractivity contribution in [3.05, 3.63) is 51.1 Å². The van der Waals surface area contributed by atoms with Gasteiger partial charge in [0.1, 0.15) is 0 Å². The van der Waals surface area contributed by atoms with E-state index < -0.39 is 16.4 Å². The van der Waals surface area contributed by atoms with Crippen molar-refractivity contribution in [2.24, 2.45) is 0 Å². The van der Waals surface area contributed by atoms with Crippen molar-refractivity contribution in [3.63, 3.8) is 0 Å². The van der Waals surface area contributed by atoms with Gasteiger partial charge in [-0.3, -0.25) is 14.9 Å². The van der Waals surface area contributed by atoms with Gasteiger partial charge in [-0.1, -0.05) is 11.8 Å². The second kappa shape index (κ2) is 8.02. The molecule has 1 heterocycles. The molecule has 2 aromatic rings. The third-order valence-corrected chi connectivity index (χ3v) is 4.16. The van der Waals surface area contributed by atoms with Crippen LogP contribution in [0.15, 0.2) is 23.4 Å². The molecule has 1 N–H and O–H groups in total. The van der Waals surface area contributed by atoms with Crippen molar-refractivity contribution in [2.45, 2.75) is 31.8 Å². The summed E-state index contributed by atoms with van der Waals surface area (Å²) < 4.78 is 13.3. The van der Waals surface area contributed by atoms with E-state index in [0.29, 0.717) is 11.6 Å². The van der Waals surface area contributed by atoms with Crippen LogP contribution in [0.1, 0.15) is 23.4 Å². The maximum atomic E-state index is 13.3. The van der Waals surface area contributed by atoms with Gasteiger partial charge in [0.2, 0.25) is 11.7 Å². The largest absolute Gasteiger partial charge is 0.326 e. The number of carbonyl (C=O) groups excluding carboxylic acids is 1. The van der Waals surface area contributed by atoms with Gasteiger partial charge in [-0.25, -0.2) is 9.97 Å². The molecule has 0 spiro atoms. The number of halogens is 1. The van der Waals surface area contributed by atoms with Gasteiger partial charge in [0, 0.05) is 29.6 Å². The van der Waals surface area contributed by atoms with Crippen LogP contribution in [0.2, 0.25) is 0 Å². The normalized spacial score (nSPS) is 10.6. The summed E-state index contributed by atoms with van der Waals surface area (Å²) in [6.45, 7) is 3.73. The summed E-state index contributed by atoms with van der Waals surface area (Å²) in [6.07, 6.45) is 2.50. The highest BCUT2D eigenvalue weighted by molar-refractivity contribution is 7.98. The number of amides is 1. The molecule has 0 fully saturated rings. The first-order valence-corrected chi connectivity index (χ1v) is 8.66. The van der Waals surface area contributed by atoms with Gasteiger partial charge in [0.05, 0.1) is 4.92 Å². The summed E-state index contributed by atoms with van der Waals surface area (Å²) in [5, 5.41) is 14.0. The Hall–Kier alpha value is -2.55. The molecule has 132 valence electrons. The molecule has 0 radical (unpaired) electrons. The number of thioether (sulfide) groups is 1. The number of nitro benzene ring substituents is 1. The first kappa shape index (κ1) is 18.8. The summed E-state index contributed by atoms with van der Waals surface area (Å²) in [6, 6.07) is 3.24. The fourth-order valence-corrected chi connectivity index (χ4v) is 2.81. The van der Waals surface area contributed by atoms with E-state index in [2.05, 4.69) is 15.3 Å². The maximum absolute atomic E-state index is 13.3. The second-order valence-electron chi connectivity index (χ2n) is 5.33. The first-order valence-electron chi connectivity index (χ1n) is 7.43. The Kier molecular flexibility index (Phi) is 6.02. The van der Waals surface area contributed by atoms with E-state index in [9.17, 15) is 19.3 Å². The lowest BCUT2D eigenvalue weighted by Gasteiger charge is -2.10. The molecule has 2 rings (SSSR count). The van der Waals surface area contributed by atoms with E-state index in [4.69, 9.17) is 0 Å². The van der Waals surface area contributed by atoms with Gasteiger partial charge in [-0.15, -0.1) is 0 Å². The Morgan fingerprint density at radius 2 is 1.96 bits per heavy atom. The fourth-order valence-electron chi connectivity index (χ4n) is 2.35. The van der Waals surface area contributed by atoms with Crippen LogP contribution in [0, 0.1) is 29.8 Å². The van der Waals surface area contributed by atoms with Gasteiger partial charge in [-0.2, -0.15) is 4.39 Å². The Labute approximate surface area is 148 Å². The Bertz CT molecular complexity index is 806. The van der Waals surface area contributed by atoms with E-state index in [1.807, 2.05) is 20.1 Å². The lowest BCUT2D eigenvalue weighted by Crippen LogP contribution is -2.14. The summed E-state index contributed by atoms with van der Waals surface area (Å²) in [5.41, 5.74) is 2.05. The lowest BCUT2D eigenvalue weighted by molar-refractivity contribution is -0.387. The summed E-state index contributed by atoms with van der Waals surface area (Å²) in [4.78, 5) is 30.7. The number of hydrogen-bond donors (Lipinski definition) is 1. The molecule has 0 aliphatic carbocycles. The monoisotopic (exact) mass is 364 g/mol. The number of carbonyl (C=O) groups is 1. The van der Waals surface area contributed by atoms with Gasteiger partial charge in [-0.05, 0) is 44.2 Å². The maximum Gasteiger partial charge on any atom is 0.306 e. The standard InChI is InChI=1S/C16H17FN4O3S/c1-9-12(10(2)19-16(18-9)25-3)5-7-15(22)20-11-4-6-13(17)14(8-11)21(23)24/h4,6,8H,5,7H2,1-3H3,(H,20,22). The zero-order chi connectivity index (χ0) is 18.6. The molecule has 0 aliphatic rings. The minimum atomic E-state index is -0.944. The number of rotatable bonds is 6. The molecule has 0 unspecified atom stereocenters. The summed E-state index contributed by atoms with van der Waals surface area (Å²) in [5.74, 6) is -1.27. The van der Waals surface area contributed by atoms with E-state index >= 15 is 0 Å². The van der Waals surface area contributed by atoms with Gasteiger partial charge in [0.25, 0.3) is 0 Å². The van der Waals surface area contributed by atoms with Crippen LogP contribution >= 0.6 is 11.8 Å². The topological polar surface area (TPSA) is 98.0 Å². The molecule has 0 aliphatic heterocycles. The summed E-state index contributed by atoms with van der Waals surface area (Å²) in [7, 11) is 0. The number of aryl methyl sites for hydroxylation is 2. The second-order valence-corrected chi connectivity index (χ2v) is 6.10. The smallest absolute Gasteiger partial charge is 0.306 e. The van der Waals surface area contributed by atoms with Crippen molar-refractivity contribution in [3.8, 4) is 0 Å². The van der Waals surface area contributed by atoms with Crippen molar-refractivity contribution in [2.75, 3.05) is 11.6 Å². The van der Waals surface area contributed by atoms with Crippen LogP contribution in [-0.2, 0) is 11.2 Å². The molecule has 0 saturated heterocycles. The Morgan fingerprint density at radius 3 is 2.52 bits per heavy atom. The van der Waals surface area contributed by atoms with E-state index in [-0.39, 0.29) is 18.0 Å². The van der Waals surface area contributed by atoms with Crippen molar-refractivity contribution >= 4 is 29.0 Å². The highest BCUT2D eigenvalue weighted by Gasteiger charge is 2.16. The molecular formula is C16H17FN4O3S. The molecule has 0 bridgehead atoms. The zero-order valence-electron chi connectivity index (χ0n) is 14.0. The molecule has 9 heteroatoms. The summed E-state index contributed by atoms with van der Waals surface area (Å²) >= 11 is 1.45. The van der Waals surface area contributed by atoms with E-state index in [0.717, 1.165) is 29.1 Å². The minimum Gasteiger partial charge on any atom is -0.326 e. The molecule has 1 amide bonds. The number of benzene rings is 1. The van der Waals surface area contributed by atoms with E-state index in [1.165, 1.54) is 17.8 Å². The molecule has 7 nitrogen and oxygen atoms in total. The highest BCUT2D eigenvalue weighted by atomic mass is 32.2. The van der Waals surface area contributed by atoms with Gasteiger partial charge < -0.3 is 5.32 Å². The van der Waals surface area contributed by atoms with Crippen LogP contribution in [0.5, 0.6) is 0 Å². The Balaban J connectivity index is 2.04. The molecule has 1 aromatic heterocycles. The van der Waals surface area contributed by atoms with Crippen LogP contribution in [0.3, 0.4) is 0 Å². The Morgan fingerprint density at radius 1 is 1.32 bits per heavy atom. The van der Waals surface area contributed by atoms with Gasteiger partial charge in [0.15, 0.2) is 5.16 Å². The zero-order valence-corrected chi connectivity index (χ0v) is 14.8. The van der Waals surface area contributed by atoms with Crippen LogP contribution in [0.4, 0.5) is 15.8 Å². The highest BCUT2D eigenvalue weighted by Crippen LogP contribution is 2.22. The third kappa shape index (κ3) is 4.72. The molecular weight excluding hydrogens is 347 g/mol. The van der Waals surface area contributed by atoms with Crippen LogP contribution in [-0.4, -0.2) is 27.1 Å². The van der Waals surface area contributed by atoms with Crippen molar-refractivity contribution < 1.29 is 14.1 Å².